The van der Waals surface area contributed by atoms with Gasteiger partial charge in [0, 0.05) is 4.47 Å². The monoisotopic (exact) mass is 338 g/mol. The topological polar surface area (TPSA) is 46.5 Å². The van der Waals surface area contributed by atoms with Crippen LogP contribution in [0.1, 0.15) is 21.5 Å². The Balaban J connectivity index is 2.27. The lowest BCUT2D eigenvalue weighted by molar-refractivity contribution is 0.0691. The minimum absolute atomic E-state index is 0.0771. The summed E-state index contributed by atoms with van der Waals surface area (Å²) in [6, 6.07) is 9.26. The average molecular weight is 339 g/mol. The van der Waals surface area contributed by atoms with E-state index in [4.69, 9.17) is 4.74 Å². The Morgan fingerprint density at radius 2 is 2.10 bits per heavy atom. The van der Waals surface area contributed by atoms with Crippen molar-refractivity contribution >= 4 is 21.9 Å². The second-order valence-corrected chi connectivity index (χ2v) is 5.24. The molecule has 1 N–H and O–H groups in total. The second-order valence-electron chi connectivity index (χ2n) is 4.32. The van der Waals surface area contributed by atoms with Gasteiger partial charge in [-0.3, -0.25) is 0 Å². The number of rotatable bonds is 4. The van der Waals surface area contributed by atoms with Gasteiger partial charge in [0.15, 0.2) is 0 Å². The molecular formula is C15H12BrFO3. The highest BCUT2D eigenvalue weighted by Crippen LogP contribution is 2.28. The van der Waals surface area contributed by atoms with E-state index in [-0.39, 0.29) is 18.0 Å². The highest BCUT2D eigenvalue weighted by molar-refractivity contribution is 9.10. The lowest BCUT2D eigenvalue weighted by Crippen LogP contribution is -2.05. The second kappa shape index (κ2) is 6.05. The molecule has 5 heteroatoms. The first-order valence-corrected chi connectivity index (χ1v) is 6.67. The molecule has 3 nitrogen and oxygen atoms in total. The lowest BCUT2D eigenvalue weighted by atomic mass is 10.1. The fraction of sp³-hybridized carbons (Fsp3) is 0.133. The summed E-state index contributed by atoms with van der Waals surface area (Å²) in [5.41, 5.74) is 1.42. The van der Waals surface area contributed by atoms with Crippen LogP contribution in [0.3, 0.4) is 0 Å². The van der Waals surface area contributed by atoms with E-state index in [1.165, 1.54) is 18.2 Å². The van der Waals surface area contributed by atoms with Crippen molar-refractivity contribution in [2.75, 3.05) is 0 Å². The van der Waals surface area contributed by atoms with E-state index in [0.717, 1.165) is 0 Å². The third-order valence-corrected chi connectivity index (χ3v) is 3.20. The van der Waals surface area contributed by atoms with Gasteiger partial charge in [0.05, 0.1) is 0 Å². The zero-order valence-electron chi connectivity index (χ0n) is 10.7. The van der Waals surface area contributed by atoms with Gasteiger partial charge in [0.25, 0.3) is 0 Å². The van der Waals surface area contributed by atoms with Crippen LogP contribution in [0.25, 0.3) is 0 Å². The molecule has 20 heavy (non-hydrogen) atoms. The van der Waals surface area contributed by atoms with E-state index in [9.17, 15) is 14.3 Å². The van der Waals surface area contributed by atoms with Gasteiger partial charge < -0.3 is 9.84 Å². The molecule has 2 aromatic rings. The Labute approximate surface area is 124 Å². The summed E-state index contributed by atoms with van der Waals surface area (Å²) in [6.07, 6.45) is 0. The van der Waals surface area contributed by atoms with Crippen molar-refractivity contribution in [1.29, 1.82) is 0 Å². The van der Waals surface area contributed by atoms with Crippen molar-refractivity contribution in [3.05, 3.63) is 63.4 Å². The molecule has 0 saturated carbocycles. The third-order valence-electron chi connectivity index (χ3n) is 2.74. The molecule has 0 radical (unpaired) electrons. The molecule has 0 aromatic heterocycles. The molecule has 0 aliphatic heterocycles. The van der Waals surface area contributed by atoms with Crippen LogP contribution >= 0.6 is 15.9 Å². The maximum absolute atomic E-state index is 13.1. The van der Waals surface area contributed by atoms with E-state index in [2.05, 4.69) is 15.9 Å². The van der Waals surface area contributed by atoms with Crippen molar-refractivity contribution in [2.24, 2.45) is 0 Å². The van der Waals surface area contributed by atoms with Crippen molar-refractivity contribution in [3.8, 4) is 5.75 Å². The largest absolute Gasteiger partial charge is 0.488 e. The van der Waals surface area contributed by atoms with Gasteiger partial charge in [-0.15, -0.1) is 0 Å². The molecule has 2 rings (SSSR count). The fourth-order valence-electron chi connectivity index (χ4n) is 1.86. The van der Waals surface area contributed by atoms with Crippen molar-refractivity contribution in [3.63, 3.8) is 0 Å². The van der Waals surface area contributed by atoms with Crippen LogP contribution in [-0.2, 0) is 6.61 Å². The van der Waals surface area contributed by atoms with E-state index in [0.29, 0.717) is 21.3 Å². The van der Waals surface area contributed by atoms with E-state index in [1.54, 1.807) is 25.1 Å². The highest BCUT2D eigenvalue weighted by Gasteiger charge is 2.15. The maximum Gasteiger partial charge on any atom is 0.339 e. The molecule has 0 aliphatic rings. The number of aromatic carboxylic acids is 1. The Bertz CT molecular complexity index is 656. The first-order valence-electron chi connectivity index (χ1n) is 5.88. The van der Waals surface area contributed by atoms with Gasteiger partial charge in [-0.2, -0.15) is 0 Å². The quantitative estimate of drug-likeness (QED) is 0.909. The smallest absolute Gasteiger partial charge is 0.339 e. The van der Waals surface area contributed by atoms with Gasteiger partial charge in [-0.25, -0.2) is 9.18 Å². The van der Waals surface area contributed by atoms with Gasteiger partial charge in [0.1, 0.15) is 23.7 Å². The normalized spacial score (nSPS) is 10.3. The molecular weight excluding hydrogens is 327 g/mol. The number of carbonyl (C=O) groups is 1. The molecule has 2 aromatic carbocycles. The Morgan fingerprint density at radius 3 is 2.75 bits per heavy atom. The molecule has 0 atom stereocenters. The fourth-order valence-corrected chi connectivity index (χ4v) is 2.43. The number of carboxylic acids is 1. The van der Waals surface area contributed by atoms with Crippen LogP contribution in [-0.4, -0.2) is 11.1 Å². The SMILES string of the molecule is Cc1cc(Br)cc(C(=O)O)c1OCc1cccc(F)c1. The number of halogens is 2. The highest BCUT2D eigenvalue weighted by atomic mass is 79.9. The summed E-state index contributed by atoms with van der Waals surface area (Å²) in [5, 5.41) is 9.20. The molecule has 0 saturated heterocycles. The molecule has 0 unspecified atom stereocenters. The van der Waals surface area contributed by atoms with Gasteiger partial charge >= 0.3 is 5.97 Å². The zero-order valence-corrected chi connectivity index (χ0v) is 12.3. The van der Waals surface area contributed by atoms with E-state index < -0.39 is 5.97 Å². The van der Waals surface area contributed by atoms with Gasteiger partial charge in [-0.1, -0.05) is 28.1 Å². The molecule has 0 amide bonds. The summed E-state index contributed by atoms with van der Waals surface area (Å²) < 4.78 is 19.3. The number of benzene rings is 2. The lowest BCUT2D eigenvalue weighted by Gasteiger charge is -2.13. The van der Waals surface area contributed by atoms with Crippen molar-refractivity contribution < 1.29 is 19.0 Å². The molecule has 0 bridgehead atoms. The molecule has 0 fully saturated rings. The molecule has 104 valence electrons. The molecule has 0 aliphatic carbocycles. The van der Waals surface area contributed by atoms with E-state index >= 15 is 0 Å². The van der Waals surface area contributed by atoms with E-state index in [1.807, 2.05) is 0 Å². The molecule has 0 spiro atoms. The minimum Gasteiger partial charge on any atom is -0.488 e. The minimum atomic E-state index is -1.07. The predicted octanol–water partition coefficient (Wildman–Crippen LogP) is 4.17. The zero-order chi connectivity index (χ0) is 14.7. The Morgan fingerprint density at radius 1 is 1.35 bits per heavy atom. The average Bonchev–Trinajstić information content (AvgIpc) is 2.36. The Kier molecular flexibility index (Phi) is 4.39. The number of hydrogen-bond donors (Lipinski definition) is 1. The van der Waals surface area contributed by atoms with Crippen LogP contribution in [0.4, 0.5) is 4.39 Å². The van der Waals surface area contributed by atoms with Gasteiger partial charge in [-0.05, 0) is 42.3 Å². The predicted molar refractivity (Wildman–Crippen MR) is 76.6 cm³/mol. The first-order chi connectivity index (χ1) is 9.47. The summed E-state index contributed by atoms with van der Waals surface area (Å²) in [7, 11) is 0. The standard InChI is InChI=1S/C15H12BrFO3/c1-9-5-11(16)7-13(15(18)19)14(9)20-8-10-3-2-4-12(17)6-10/h2-7H,8H2,1H3,(H,18,19). The number of carboxylic acid groups (broad SMARTS) is 1. The van der Waals surface area contributed by atoms with Crippen LogP contribution in [0.5, 0.6) is 5.75 Å². The van der Waals surface area contributed by atoms with Crippen molar-refractivity contribution in [2.45, 2.75) is 13.5 Å². The summed E-state index contributed by atoms with van der Waals surface area (Å²) in [5.74, 6) is -1.12. The molecule has 0 heterocycles. The number of ether oxygens (including phenoxy) is 1. The summed E-state index contributed by atoms with van der Waals surface area (Å²) in [4.78, 5) is 11.2. The van der Waals surface area contributed by atoms with Gasteiger partial charge in [0.2, 0.25) is 0 Å². The third kappa shape index (κ3) is 3.36. The van der Waals surface area contributed by atoms with Crippen LogP contribution in [0, 0.1) is 12.7 Å². The Hall–Kier alpha value is -1.88. The van der Waals surface area contributed by atoms with Crippen LogP contribution in [0.2, 0.25) is 0 Å². The number of aryl methyl sites for hydroxylation is 1. The van der Waals surface area contributed by atoms with Crippen LogP contribution < -0.4 is 4.74 Å². The van der Waals surface area contributed by atoms with Crippen LogP contribution in [0.15, 0.2) is 40.9 Å². The maximum atomic E-state index is 13.1. The summed E-state index contributed by atoms with van der Waals surface area (Å²) >= 11 is 3.25. The van der Waals surface area contributed by atoms with Crippen molar-refractivity contribution in [1.82, 2.24) is 0 Å². The summed E-state index contributed by atoms with van der Waals surface area (Å²) in [6.45, 7) is 1.87. The number of hydrogen-bond acceptors (Lipinski definition) is 2. The first kappa shape index (κ1) is 14.5.